The van der Waals surface area contributed by atoms with Crippen LogP contribution in [0.2, 0.25) is 0 Å². The van der Waals surface area contributed by atoms with Gasteiger partial charge in [0.05, 0.1) is 33.8 Å². The summed E-state index contributed by atoms with van der Waals surface area (Å²) < 4.78 is 30.2. The highest BCUT2D eigenvalue weighted by atomic mass is 31.2. The Kier molecular flexibility index (Phi) is 50.8. The number of likely N-dealkylation sites (N-methyl/N-ethyl adjacent to an activating group) is 1. The second kappa shape index (κ2) is 53.5. The molecular formula is C65H109N2O7P. The highest BCUT2D eigenvalue weighted by Crippen LogP contribution is 2.38. The third-order valence-electron chi connectivity index (χ3n) is 12.1. The lowest BCUT2D eigenvalue weighted by atomic mass is 10.0. The Hall–Kier alpha value is -3.85. The molecule has 0 aromatic rings. The van der Waals surface area contributed by atoms with Crippen molar-refractivity contribution < 1.29 is 37.3 Å². The molecule has 0 aliphatic rings. The molecule has 0 saturated heterocycles. The van der Waals surface area contributed by atoms with E-state index in [2.05, 4.69) is 135 Å². The Morgan fingerprint density at radius 2 is 0.867 bits per heavy atom. The van der Waals surface area contributed by atoms with Crippen LogP contribution in [0.3, 0.4) is 0 Å². The third kappa shape index (κ3) is 54.7. The van der Waals surface area contributed by atoms with E-state index < -0.39 is 32.5 Å². The van der Waals surface area contributed by atoms with Crippen molar-refractivity contribution in [3.05, 3.63) is 134 Å². The van der Waals surface area contributed by atoms with Crippen molar-refractivity contribution in [1.29, 1.82) is 0 Å². The van der Waals surface area contributed by atoms with Gasteiger partial charge >= 0.3 is 5.97 Å². The zero-order valence-corrected chi connectivity index (χ0v) is 49.3. The van der Waals surface area contributed by atoms with Crippen molar-refractivity contribution in [2.45, 2.75) is 226 Å². The third-order valence-corrected chi connectivity index (χ3v) is 13.0. The summed E-state index contributed by atoms with van der Waals surface area (Å²) in [6.45, 7) is 6.58. The number of rotatable bonds is 51. The molecular weight excluding hydrogens is 952 g/mol. The second-order valence-electron chi connectivity index (χ2n) is 20.4. The normalized spacial score (nSPS) is 14.7. The molecule has 0 rings (SSSR count). The molecule has 0 aliphatic heterocycles. The van der Waals surface area contributed by atoms with Gasteiger partial charge in [-0.05, 0) is 109 Å². The molecule has 3 atom stereocenters. The van der Waals surface area contributed by atoms with Crippen LogP contribution in [-0.2, 0) is 27.9 Å². The van der Waals surface area contributed by atoms with E-state index >= 15 is 0 Å². The zero-order valence-electron chi connectivity index (χ0n) is 48.4. The highest BCUT2D eigenvalue weighted by molar-refractivity contribution is 7.45. The number of nitrogens with one attached hydrogen (secondary N) is 1. The number of hydrogen-bond donors (Lipinski definition) is 1. The predicted molar refractivity (Wildman–Crippen MR) is 320 cm³/mol. The summed E-state index contributed by atoms with van der Waals surface area (Å²) in [5.74, 6) is -0.716. The van der Waals surface area contributed by atoms with Crippen LogP contribution in [0.25, 0.3) is 0 Å². The molecule has 0 aliphatic carbocycles. The average molecular weight is 1060 g/mol. The van der Waals surface area contributed by atoms with Crippen LogP contribution in [0, 0.1) is 0 Å². The Bertz CT molecular complexity index is 1740. The molecule has 0 heterocycles. The lowest BCUT2D eigenvalue weighted by molar-refractivity contribution is -0.870. The first-order valence-corrected chi connectivity index (χ1v) is 31.0. The van der Waals surface area contributed by atoms with Crippen LogP contribution in [0.4, 0.5) is 0 Å². The van der Waals surface area contributed by atoms with Crippen LogP contribution in [0.5, 0.6) is 0 Å². The van der Waals surface area contributed by atoms with Crippen LogP contribution in [-0.4, -0.2) is 69.4 Å². The maximum absolute atomic E-state index is 13.5. The number of unbranched alkanes of at least 4 members (excludes halogenated alkanes) is 15. The lowest BCUT2D eigenvalue weighted by Gasteiger charge is -2.30. The second-order valence-corrected chi connectivity index (χ2v) is 21.8. The molecule has 0 fully saturated rings. The van der Waals surface area contributed by atoms with Crippen molar-refractivity contribution >= 4 is 19.7 Å². The van der Waals surface area contributed by atoms with Crippen molar-refractivity contribution in [2.24, 2.45) is 0 Å². The topological polar surface area (TPSA) is 114 Å². The largest absolute Gasteiger partial charge is 0.756 e. The quantitative estimate of drug-likeness (QED) is 0.0212. The minimum Gasteiger partial charge on any atom is -0.756 e. The fourth-order valence-corrected chi connectivity index (χ4v) is 8.26. The molecule has 1 amide bonds. The van der Waals surface area contributed by atoms with Gasteiger partial charge in [0.25, 0.3) is 7.82 Å². The molecule has 9 nitrogen and oxygen atoms in total. The van der Waals surface area contributed by atoms with Gasteiger partial charge in [0.15, 0.2) is 0 Å². The summed E-state index contributed by atoms with van der Waals surface area (Å²) in [6.07, 6.45) is 75.8. The average Bonchev–Trinajstić information content (AvgIpc) is 3.37. The number of allylic oxidation sites excluding steroid dienone is 21. The molecule has 426 valence electrons. The zero-order chi connectivity index (χ0) is 55.0. The minimum absolute atomic E-state index is 0.0516. The SMILES string of the molecule is CC/C=C\C/C=C\C/C=C\C/C=C\C/C=C\C/C=C\CCC(=O)NC(COP(=O)([O-])OCC[N+](C)(C)C)C(/C=C/CCCCCCCCCCCCC)OC(=O)CCC/C=C\C/C=C\C/C=C\C/C=C\CCCCC. The van der Waals surface area contributed by atoms with E-state index in [1.165, 1.54) is 77.0 Å². The highest BCUT2D eigenvalue weighted by Gasteiger charge is 2.27. The minimum atomic E-state index is -4.74. The van der Waals surface area contributed by atoms with E-state index in [9.17, 15) is 19.0 Å². The van der Waals surface area contributed by atoms with E-state index in [1.807, 2.05) is 39.4 Å². The van der Waals surface area contributed by atoms with Crippen molar-refractivity contribution in [2.75, 3.05) is 40.9 Å². The summed E-state index contributed by atoms with van der Waals surface area (Å²) in [6, 6.07) is -0.960. The maximum Gasteiger partial charge on any atom is 0.306 e. The van der Waals surface area contributed by atoms with E-state index in [0.29, 0.717) is 30.3 Å². The fourth-order valence-electron chi connectivity index (χ4n) is 7.54. The van der Waals surface area contributed by atoms with E-state index in [-0.39, 0.29) is 25.4 Å². The monoisotopic (exact) mass is 1060 g/mol. The predicted octanol–water partition coefficient (Wildman–Crippen LogP) is 17.5. The fraction of sp³-hybridized carbons (Fsp3) is 0.631. The molecule has 0 radical (unpaired) electrons. The van der Waals surface area contributed by atoms with Crippen molar-refractivity contribution in [3.8, 4) is 0 Å². The molecule has 0 saturated carbocycles. The lowest BCUT2D eigenvalue weighted by Crippen LogP contribution is -2.47. The molecule has 1 N–H and O–H groups in total. The Morgan fingerprint density at radius 1 is 0.480 bits per heavy atom. The summed E-state index contributed by atoms with van der Waals surface area (Å²) in [4.78, 5) is 39.9. The molecule has 0 aromatic carbocycles. The van der Waals surface area contributed by atoms with Crippen LogP contribution in [0.15, 0.2) is 134 Å². The summed E-state index contributed by atoms with van der Waals surface area (Å²) in [7, 11) is 1.09. The van der Waals surface area contributed by atoms with E-state index in [0.717, 1.165) is 83.5 Å². The first-order valence-electron chi connectivity index (χ1n) is 29.5. The van der Waals surface area contributed by atoms with Gasteiger partial charge in [0, 0.05) is 12.8 Å². The number of hydrogen-bond acceptors (Lipinski definition) is 7. The molecule has 75 heavy (non-hydrogen) atoms. The standard InChI is InChI=1S/C65H109N2O7P/c1-7-10-13-16-19-22-25-28-30-32-33-35-36-39-42-45-48-51-54-57-64(68)66-62(61-73-75(70,71)72-60-59-67(4,5)6)63(56-53-50-47-44-41-38-27-24-21-18-15-12-9-3)74-65(69)58-55-52-49-46-43-40-37-34-31-29-26-23-20-17-14-11-8-2/h10,13,19-20,22-23,28-31,33,35,37,39-40,42,46,48-49,51,53,56,62-63H,7-9,11-12,14-18,21,24-27,32,34,36,38,41,43-45,47,50,52,54-55,57-61H2,1-6H3,(H-,66,68,70,71)/b13-10-,22-19-,23-20-,30-28-,31-29-,35-33-,40-37-,42-39-,49-46-,51-48-,56-53+. The number of phosphoric ester groups is 1. The van der Waals surface area contributed by atoms with Crippen molar-refractivity contribution in [3.63, 3.8) is 0 Å². The number of carbonyl (C=O) groups is 2. The van der Waals surface area contributed by atoms with Gasteiger partial charge in [-0.1, -0.05) is 225 Å². The van der Waals surface area contributed by atoms with Crippen molar-refractivity contribution in [1.82, 2.24) is 5.32 Å². The summed E-state index contributed by atoms with van der Waals surface area (Å²) in [5.41, 5.74) is 0. The van der Waals surface area contributed by atoms with Gasteiger partial charge < -0.3 is 28.5 Å². The van der Waals surface area contributed by atoms with Gasteiger partial charge in [-0.2, -0.15) is 0 Å². The van der Waals surface area contributed by atoms with Gasteiger partial charge in [-0.15, -0.1) is 0 Å². The Morgan fingerprint density at radius 3 is 1.33 bits per heavy atom. The number of nitrogens with zero attached hydrogens (tertiary/aromatic N) is 1. The van der Waals surface area contributed by atoms with Gasteiger partial charge in [0.2, 0.25) is 5.91 Å². The Balaban J connectivity index is 5.57. The summed E-state index contributed by atoms with van der Waals surface area (Å²) >= 11 is 0. The number of phosphoric acid groups is 1. The van der Waals surface area contributed by atoms with Crippen LogP contribution >= 0.6 is 7.82 Å². The van der Waals surface area contributed by atoms with Gasteiger partial charge in [-0.3, -0.25) is 14.2 Å². The van der Waals surface area contributed by atoms with Gasteiger partial charge in [0.1, 0.15) is 19.3 Å². The smallest absolute Gasteiger partial charge is 0.306 e. The number of ether oxygens (including phenoxy) is 1. The van der Waals surface area contributed by atoms with E-state index in [4.69, 9.17) is 13.8 Å². The first-order chi connectivity index (χ1) is 36.4. The molecule has 0 bridgehead atoms. The van der Waals surface area contributed by atoms with Crippen LogP contribution in [0.1, 0.15) is 213 Å². The molecule has 0 aromatic heterocycles. The van der Waals surface area contributed by atoms with E-state index in [1.54, 1.807) is 6.08 Å². The molecule has 10 heteroatoms. The van der Waals surface area contributed by atoms with Crippen LogP contribution < -0.4 is 10.2 Å². The molecule has 3 unspecified atom stereocenters. The number of quaternary nitrogens is 1. The number of amides is 1. The first kappa shape index (κ1) is 71.2. The Labute approximate surface area is 460 Å². The van der Waals surface area contributed by atoms with Gasteiger partial charge in [-0.25, -0.2) is 0 Å². The number of esters is 1. The number of carbonyl (C=O) groups excluding carboxylic acids is 2. The summed E-state index contributed by atoms with van der Waals surface area (Å²) in [5, 5.41) is 2.95. The molecule has 0 spiro atoms. The maximum atomic E-state index is 13.5.